The van der Waals surface area contributed by atoms with E-state index >= 15 is 0 Å². The van der Waals surface area contributed by atoms with Gasteiger partial charge in [-0.05, 0) is 53.6 Å². The fourth-order valence-electron chi connectivity index (χ4n) is 4.94. The Bertz CT molecular complexity index is 1460. The van der Waals surface area contributed by atoms with E-state index in [1.807, 2.05) is 51.1 Å². The lowest BCUT2D eigenvalue weighted by Gasteiger charge is -2.39. The molecule has 1 N–H and O–H groups in total. The second-order valence-corrected chi connectivity index (χ2v) is 9.93. The van der Waals surface area contributed by atoms with E-state index in [0.717, 1.165) is 45.1 Å². The van der Waals surface area contributed by atoms with Crippen molar-refractivity contribution in [1.29, 1.82) is 0 Å². The summed E-state index contributed by atoms with van der Waals surface area (Å²) in [5, 5.41) is 8.80. The maximum atomic E-state index is 6.71. The molecule has 0 saturated heterocycles. The van der Waals surface area contributed by atoms with Gasteiger partial charge in [-0.2, -0.15) is 10.1 Å². The van der Waals surface area contributed by atoms with Crippen LogP contribution in [0.5, 0.6) is 5.75 Å². The Morgan fingerprint density at radius 2 is 1.50 bits per heavy atom. The second kappa shape index (κ2) is 8.60. The van der Waals surface area contributed by atoms with E-state index in [2.05, 4.69) is 73.7 Å². The molecule has 36 heavy (non-hydrogen) atoms. The summed E-state index contributed by atoms with van der Waals surface area (Å²) in [6.45, 7) is 0. The van der Waals surface area contributed by atoms with Crippen molar-refractivity contribution in [2.24, 2.45) is 0 Å². The van der Waals surface area contributed by atoms with Gasteiger partial charge in [0.2, 0.25) is 5.95 Å². The number of hydrogen-bond acceptors (Lipinski definition) is 6. The molecule has 0 fully saturated rings. The number of nitrogens with zero attached hydrogens (tertiary/aromatic N) is 5. The number of ether oxygens (including phenoxy) is 1. The van der Waals surface area contributed by atoms with Crippen LogP contribution in [0.3, 0.4) is 0 Å². The van der Waals surface area contributed by atoms with Gasteiger partial charge in [0.25, 0.3) is 0 Å². The van der Waals surface area contributed by atoms with Crippen LogP contribution in [-0.4, -0.2) is 43.0 Å². The third kappa shape index (κ3) is 3.67. The summed E-state index contributed by atoms with van der Waals surface area (Å²) in [7, 11) is 8.16. The molecule has 1 aromatic heterocycles. The van der Waals surface area contributed by atoms with Gasteiger partial charge in [0.05, 0.1) is 5.70 Å². The number of rotatable bonds is 4. The molecule has 8 heteroatoms. The zero-order valence-corrected chi connectivity index (χ0v) is 21.4. The molecule has 0 aliphatic carbocycles. The minimum Gasteiger partial charge on any atom is -0.480 e. The summed E-state index contributed by atoms with van der Waals surface area (Å²) in [4.78, 5) is 8.69. The average molecular weight is 499 g/mol. The van der Waals surface area contributed by atoms with Crippen molar-refractivity contribution >= 4 is 34.6 Å². The smallest absolute Gasteiger partial charge is 0.226 e. The van der Waals surface area contributed by atoms with Crippen molar-refractivity contribution < 1.29 is 4.74 Å². The van der Waals surface area contributed by atoms with Crippen LogP contribution in [0.15, 0.2) is 78.6 Å². The van der Waals surface area contributed by atoms with Crippen molar-refractivity contribution in [2.75, 3.05) is 43.3 Å². The molecule has 0 bridgehead atoms. The first kappa shape index (κ1) is 22.5. The van der Waals surface area contributed by atoms with Gasteiger partial charge in [-0.1, -0.05) is 35.9 Å². The number of halogens is 1. The molecule has 0 radical (unpaired) electrons. The molecule has 7 nitrogen and oxygen atoms in total. The van der Waals surface area contributed by atoms with Crippen LogP contribution >= 0.6 is 11.6 Å². The van der Waals surface area contributed by atoms with Crippen molar-refractivity contribution in [3.63, 3.8) is 0 Å². The van der Waals surface area contributed by atoms with Crippen LogP contribution in [0.25, 0.3) is 5.70 Å². The monoisotopic (exact) mass is 498 g/mol. The van der Waals surface area contributed by atoms with Crippen LogP contribution in [0.2, 0.25) is 5.02 Å². The number of fused-ring (bicyclic) bond motifs is 3. The molecule has 0 spiro atoms. The van der Waals surface area contributed by atoms with Gasteiger partial charge >= 0.3 is 0 Å². The van der Waals surface area contributed by atoms with Gasteiger partial charge in [0, 0.05) is 55.7 Å². The van der Waals surface area contributed by atoms with E-state index in [9.17, 15) is 0 Å². The molecule has 2 aliphatic rings. The molecule has 0 amide bonds. The predicted octanol–water partition coefficient (Wildman–Crippen LogP) is 5.62. The van der Waals surface area contributed by atoms with Gasteiger partial charge < -0.3 is 19.9 Å². The lowest BCUT2D eigenvalue weighted by molar-refractivity contribution is 0.223. The van der Waals surface area contributed by atoms with Crippen LogP contribution in [0.1, 0.15) is 28.8 Å². The van der Waals surface area contributed by atoms with Crippen LogP contribution in [0.4, 0.5) is 17.3 Å². The quantitative estimate of drug-likeness (QED) is 0.394. The fourth-order valence-corrected chi connectivity index (χ4v) is 5.11. The summed E-state index contributed by atoms with van der Waals surface area (Å²) in [6.07, 6.45) is 1.26. The summed E-state index contributed by atoms with van der Waals surface area (Å²) < 4.78 is 8.64. The minimum absolute atomic E-state index is 0.208. The molecule has 0 unspecified atom stereocenters. The van der Waals surface area contributed by atoms with Crippen LogP contribution < -0.4 is 19.9 Å². The summed E-state index contributed by atoms with van der Waals surface area (Å²) in [5.74, 6) is 1.46. The minimum atomic E-state index is -0.326. The molecular weight excluding hydrogens is 472 g/mol. The van der Waals surface area contributed by atoms with Crippen molar-refractivity contribution in [3.8, 4) is 5.75 Å². The molecule has 2 aliphatic heterocycles. The van der Waals surface area contributed by atoms with E-state index in [1.54, 1.807) is 6.33 Å². The van der Waals surface area contributed by atoms with Gasteiger partial charge in [-0.15, -0.1) is 0 Å². The highest BCUT2D eigenvalue weighted by atomic mass is 35.5. The molecule has 4 aromatic rings. The number of nitrogens with one attached hydrogen (secondary N) is 1. The predicted molar refractivity (Wildman–Crippen MR) is 145 cm³/mol. The summed E-state index contributed by atoms with van der Waals surface area (Å²) in [5.41, 5.74) is 7.38. The van der Waals surface area contributed by atoms with Crippen LogP contribution in [-0.2, 0) is 0 Å². The maximum Gasteiger partial charge on any atom is 0.226 e. The topological polar surface area (TPSA) is 58.4 Å². The molecule has 2 atom stereocenters. The van der Waals surface area contributed by atoms with Gasteiger partial charge in [0.15, 0.2) is 0 Å². The SMILES string of the molecule is CN(C)c1ccc([C@H]2C3=C(Nc4ncnn42)c2cc(Cl)ccc2O[C@@H]3c2ccc(N(C)C)cc2)cc1. The Morgan fingerprint density at radius 3 is 2.14 bits per heavy atom. The van der Waals surface area contributed by atoms with Crippen molar-refractivity contribution in [3.05, 3.63) is 100 Å². The normalized spacial score (nSPS) is 17.9. The Hall–Kier alpha value is -3.97. The molecule has 6 rings (SSSR count). The Kier molecular flexibility index (Phi) is 5.38. The van der Waals surface area contributed by atoms with Gasteiger partial charge in [0.1, 0.15) is 24.2 Å². The van der Waals surface area contributed by atoms with E-state index in [-0.39, 0.29) is 12.1 Å². The molecule has 0 saturated carbocycles. The zero-order chi connectivity index (χ0) is 25.0. The molecule has 3 aromatic carbocycles. The number of hydrogen-bond donors (Lipinski definition) is 1. The lowest BCUT2D eigenvalue weighted by Crippen LogP contribution is -2.32. The fraction of sp³-hybridized carbons (Fsp3) is 0.214. The number of benzene rings is 3. The third-order valence-corrected chi connectivity index (χ3v) is 7.05. The zero-order valence-electron chi connectivity index (χ0n) is 20.6. The molecular formula is C28H27ClN6O. The molecule has 3 heterocycles. The van der Waals surface area contributed by atoms with Crippen LogP contribution in [0, 0.1) is 0 Å². The van der Waals surface area contributed by atoms with Gasteiger partial charge in [-0.3, -0.25) is 0 Å². The highest BCUT2D eigenvalue weighted by Crippen LogP contribution is 2.51. The first-order chi connectivity index (χ1) is 17.4. The standard InChI is InChI=1S/C28H27ClN6O/c1-33(2)20-10-5-17(6-11-20)26-24-25(32-28-30-16-31-35(26)28)22-15-19(29)9-14-23(22)36-27(24)18-7-12-21(13-8-18)34(3)4/h5-16,26-27H,1-4H3,(H,30,31,32)/t26-,27+/m0/s1. The Morgan fingerprint density at radius 1 is 0.861 bits per heavy atom. The number of anilines is 3. The summed E-state index contributed by atoms with van der Waals surface area (Å²) >= 11 is 6.44. The van der Waals surface area contributed by atoms with Gasteiger partial charge in [-0.25, -0.2) is 4.68 Å². The Labute approximate surface area is 215 Å². The second-order valence-electron chi connectivity index (χ2n) is 9.50. The maximum absolute atomic E-state index is 6.71. The molecule has 182 valence electrons. The Balaban J connectivity index is 1.57. The lowest BCUT2D eigenvalue weighted by atomic mass is 9.84. The van der Waals surface area contributed by atoms with Crippen molar-refractivity contribution in [1.82, 2.24) is 14.8 Å². The van der Waals surface area contributed by atoms with E-state index in [1.165, 1.54) is 0 Å². The third-order valence-electron chi connectivity index (χ3n) is 6.81. The number of aromatic nitrogens is 3. The average Bonchev–Trinajstić information content (AvgIpc) is 3.35. The highest BCUT2D eigenvalue weighted by Gasteiger charge is 2.41. The first-order valence-corrected chi connectivity index (χ1v) is 12.2. The largest absolute Gasteiger partial charge is 0.480 e. The van der Waals surface area contributed by atoms with E-state index < -0.39 is 0 Å². The van der Waals surface area contributed by atoms with E-state index in [4.69, 9.17) is 16.3 Å². The first-order valence-electron chi connectivity index (χ1n) is 11.8. The van der Waals surface area contributed by atoms with Crippen molar-refractivity contribution in [2.45, 2.75) is 12.1 Å². The summed E-state index contributed by atoms with van der Waals surface area (Å²) in [6, 6.07) is 22.6. The highest BCUT2D eigenvalue weighted by molar-refractivity contribution is 6.30. The van der Waals surface area contributed by atoms with E-state index in [0.29, 0.717) is 11.0 Å².